The molecule has 0 bridgehead atoms. The summed E-state index contributed by atoms with van der Waals surface area (Å²) in [5.41, 5.74) is 0.708. The number of phenolic OH excluding ortho intramolecular Hbond substituents is 1. The van der Waals surface area contributed by atoms with Crippen LogP contribution >= 0.6 is 0 Å². The highest BCUT2D eigenvalue weighted by Crippen LogP contribution is 2.25. The minimum absolute atomic E-state index is 0.262. The molecule has 2 rings (SSSR count). The predicted molar refractivity (Wildman–Crippen MR) is 69.3 cm³/mol. The molecule has 1 aromatic rings. The first-order chi connectivity index (χ1) is 8.56. The summed E-state index contributed by atoms with van der Waals surface area (Å²) in [7, 11) is 0. The standard InChI is InChI=1S/C14H20FNO2/c1-9(2)14-8-11(5-6-18-14)16-10-3-4-13(17)12(15)7-10/h3-4,7,9,11,14,16-17H,5-6,8H2,1-2H3. The van der Waals surface area contributed by atoms with Gasteiger partial charge in [-0.1, -0.05) is 13.8 Å². The largest absolute Gasteiger partial charge is 0.505 e. The van der Waals surface area contributed by atoms with Gasteiger partial charge in [0.25, 0.3) is 0 Å². The summed E-state index contributed by atoms with van der Waals surface area (Å²) in [5, 5.41) is 12.4. The van der Waals surface area contributed by atoms with Crippen LogP contribution in [-0.2, 0) is 4.74 Å². The molecule has 1 aliphatic rings. The van der Waals surface area contributed by atoms with Crippen molar-refractivity contribution in [2.24, 2.45) is 5.92 Å². The molecular weight excluding hydrogens is 233 g/mol. The predicted octanol–water partition coefficient (Wildman–Crippen LogP) is 3.15. The maximum absolute atomic E-state index is 13.2. The number of nitrogens with one attached hydrogen (secondary N) is 1. The molecule has 2 N–H and O–H groups in total. The van der Waals surface area contributed by atoms with Gasteiger partial charge < -0.3 is 15.2 Å². The number of aromatic hydroxyl groups is 1. The molecule has 1 fully saturated rings. The number of ether oxygens (including phenoxy) is 1. The van der Waals surface area contributed by atoms with Gasteiger partial charge in [-0.3, -0.25) is 0 Å². The van der Waals surface area contributed by atoms with E-state index in [1.54, 1.807) is 6.07 Å². The third kappa shape index (κ3) is 3.13. The molecule has 1 aliphatic heterocycles. The third-order valence-corrected chi connectivity index (χ3v) is 3.38. The summed E-state index contributed by atoms with van der Waals surface area (Å²) in [6.07, 6.45) is 2.12. The van der Waals surface area contributed by atoms with Crippen molar-refractivity contribution in [2.75, 3.05) is 11.9 Å². The first kappa shape index (κ1) is 13.1. The van der Waals surface area contributed by atoms with Crippen LogP contribution in [0, 0.1) is 11.7 Å². The Morgan fingerprint density at radius 3 is 2.89 bits per heavy atom. The highest BCUT2D eigenvalue weighted by atomic mass is 19.1. The Kier molecular flexibility index (Phi) is 4.07. The molecule has 1 saturated heterocycles. The van der Waals surface area contributed by atoms with Crippen LogP contribution in [0.4, 0.5) is 10.1 Å². The molecule has 4 heteroatoms. The quantitative estimate of drug-likeness (QED) is 0.813. The maximum atomic E-state index is 13.2. The molecule has 2 atom stereocenters. The molecule has 1 aromatic carbocycles. The fourth-order valence-corrected chi connectivity index (χ4v) is 2.26. The van der Waals surface area contributed by atoms with Crippen LogP contribution in [0.5, 0.6) is 5.75 Å². The Balaban J connectivity index is 1.98. The normalized spacial score (nSPS) is 24.2. The van der Waals surface area contributed by atoms with Crippen LogP contribution in [0.15, 0.2) is 18.2 Å². The number of hydrogen-bond donors (Lipinski definition) is 2. The molecule has 0 radical (unpaired) electrons. The van der Waals surface area contributed by atoms with Crippen molar-refractivity contribution >= 4 is 5.69 Å². The van der Waals surface area contributed by atoms with Crippen molar-refractivity contribution in [2.45, 2.75) is 38.8 Å². The first-order valence-electron chi connectivity index (χ1n) is 6.43. The van der Waals surface area contributed by atoms with Crippen molar-refractivity contribution in [3.63, 3.8) is 0 Å². The number of halogens is 1. The molecule has 2 unspecified atom stereocenters. The second kappa shape index (κ2) is 5.57. The monoisotopic (exact) mass is 253 g/mol. The van der Waals surface area contributed by atoms with E-state index >= 15 is 0 Å². The van der Waals surface area contributed by atoms with Gasteiger partial charge in [0, 0.05) is 24.4 Å². The van der Waals surface area contributed by atoms with E-state index in [2.05, 4.69) is 19.2 Å². The topological polar surface area (TPSA) is 41.5 Å². The highest BCUT2D eigenvalue weighted by molar-refractivity contribution is 5.47. The van der Waals surface area contributed by atoms with Crippen LogP contribution in [0.2, 0.25) is 0 Å². The molecule has 0 aliphatic carbocycles. The number of hydrogen-bond acceptors (Lipinski definition) is 3. The second-order valence-corrected chi connectivity index (χ2v) is 5.19. The fourth-order valence-electron chi connectivity index (χ4n) is 2.26. The van der Waals surface area contributed by atoms with Crippen LogP contribution in [0.25, 0.3) is 0 Å². The molecule has 0 amide bonds. The van der Waals surface area contributed by atoms with E-state index in [1.165, 1.54) is 12.1 Å². The van der Waals surface area contributed by atoms with Crippen molar-refractivity contribution in [3.8, 4) is 5.75 Å². The lowest BCUT2D eigenvalue weighted by Crippen LogP contribution is -2.36. The average molecular weight is 253 g/mol. The zero-order valence-corrected chi connectivity index (χ0v) is 10.8. The lowest BCUT2D eigenvalue weighted by atomic mass is 9.95. The third-order valence-electron chi connectivity index (χ3n) is 3.38. The van der Waals surface area contributed by atoms with E-state index in [0.717, 1.165) is 19.4 Å². The molecule has 18 heavy (non-hydrogen) atoms. The van der Waals surface area contributed by atoms with E-state index in [1.807, 2.05) is 0 Å². The molecule has 0 spiro atoms. The highest BCUT2D eigenvalue weighted by Gasteiger charge is 2.24. The SMILES string of the molecule is CC(C)C1CC(Nc2ccc(O)c(F)c2)CCO1. The molecule has 0 aromatic heterocycles. The van der Waals surface area contributed by atoms with Gasteiger partial charge in [0.2, 0.25) is 0 Å². The minimum atomic E-state index is -0.590. The van der Waals surface area contributed by atoms with E-state index < -0.39 is 5.82 Å². The maximum Gasteiger partial charge on any atom is 0.166 e. The van der Waals surface area contributed by atoms with Gasteiger partial charge >= 0.3 is 0 Å². The lowest BCUT2D eigenvalue weighted by Gasteiger charge is -2.33. The van der Waals surface area contributed by atoms with Gasteiger partial charge in [-0.05, 0) is 30.9 Å². The number of anilines is 1. The van der Waals surface area contributed by atoms with Crippen LogP contribution in [0.1, 0.15) is 26.7 Å². The summed E-state index contributed by atoms with van der Waals surface area (Å²) in [4.78, 5) is 0. The second-order valence-electron chi connectivity index (χ2n) is 5.19. The van der Waals surface area contributed by atoms with Crippen molar-refractivity contribution < 1.29 is 14.2 Å². The number of rotatable bonds is 3. The van der Waals surface area contributed by atoms with Gasteiger partial charge in [-0.2, -0.15) is 0 Å². The molecule has 100 valence electrons. The molecule has 0 saturated carbocycles. The van der Waals surface area contributed by atoms with Crippen LogP contribution in [-0.4, -0.2) is 23.9 Å². The molecule has 3 nitrogen and oxygen atoms in total. The zero-order valence-electron chi connectivity index (χ0n) is 10.8. The summed E-state index contributed by atoms with van der Waals surface area (Å²) < 4.78 is 18.9. The van der Waals surface area contributed by atoms with Crippen molar-refractivity contribution in [1.82, 2.24) is 0 Å². The Hall–Kier alpha value is -1.29. The lowest BCUT2D eigenvalue weighted by molar-refractivity contribution is -0.0160. The van der Waals surface area contributed by atoms with Gasteiger partial charge in [0.1, 0.15) is 0 Å². The molecule has 1 heterocycles. The Bertz CT molecular complexity index is 409. The summed E-state index contributed by atoms with van der Waals surface area (Å²) in [6, 6.07) is 4.69. The fraction of sp³-hybridized carbons (Fsp3) is 0.571. The Morgan fingerprint density at radius 1 is 1.44 bits per heavy atom. The van der Waals surface area contributed by atoms with Gasteiger partial charge in [0.05, 0.1) is 6.10 Å². The van der Waals surface area contributed by atoms with Gasteiger partial charge in [-0.25, -0.2) is 4.39 Å². The van der Waals surface area contributed by atoms with E-state index in [9.17, 15) is 4.39 Å². The number of phenols is 1. The first-order valence-corrected chi connectivity index (χ1v) is 6.43. The summed E-state index contributed by atoms with van der Waals surface area (Å²) in [5.74, 6) is -0.411. The molecular formula is C14H20FNO2. The van der Waals surface area contributed by atoms with E-state index in [4.69, 9.17) is 9.84 Å². The van der Waals surface area contributed by atoms with E-state index in [-0.39, 0.29) is 11.9 Å². The summed E-state index contributed by atoms with van der Waals surface area (Å²) >= 11 is 0. The van der Waals surface area contributed by atoms with Crippen LogP contribution < -0.4 is 5.32 Å². The summed E-state index contributed by atoms with van der Waals surface area (Å²) in [6.45, 7) is 5.03. The smallest absolute Gasteiger partial charge is 0.166 e. The van der Waals surface area contributed by atoms with Gasteiger partial charge in [-0.15, -0.1) is 0 Å². The van der Waals surface area contributed by atoms with Gasteiger partial charge in [0.15, 0.2) is 11.6 Å². The Labute approximate surface area is 107 Å². The average Bonchev–Trinajstić information content (AvgIpc) is 2.34. The van der Waals surface area contributed by atoms with E-state index in [0.29, 0.717) is 17.6 Å². The number of benzene rings is 1. The Morgan fingerprint density at radius 2 is 2.22 bits per heavy atom. The van der Waals surface area contributed by atoms with Crippen molar-refractivity contribution in [1.29, 1.82) is 0 Å². The zero-order chi connectivity index (χ0) is 13.1. The minimum Gasteiger partial charge on any atom is -0.505 e. The van der Waals surface area contributed by atoms with Crippen LogP contribution in [0.3, 0.4) is 0 Å². The van der Waals surface area contributed by atoms with Crippen molar-refractivity contribution in [3.05, 3.63) is 24.0 Å².